The van der Waals surface area contributed by atoms with Gasteiger partial charge in [0.1, 0.15) is 0 Å². The zero-order valence-electron chi connectivity index (χ0n) is 10.2. The predicted molar refractivity (Wildman–Crippen MR) is 86.3 cm³/mol. The normalized spacial score (nSPS) is 59.2. The van der Waals surface area contributed by atoms with Crippen LogP contribution in [0.2, 0.25) is 0 Å². The van der Waals surface area contributed by atoms with Gasteiger partial charge in [0, 0.05) is 8.86 Å². The van der Waals surface area contributed by atoms with Gasteiger partial charge in [-0.2, -0.15) is 0 Å². The summed E-state index contributed by atoms with van der Waals surface area (Å²) < 4.78 is 2.82. The van der Waals surface area contributed by atoms with Gasteiger partial charge in [0.15, 0.2) is 0 Å². The van der Waals surface area contributed by atoms with Crippen molar-refractivity contribution < 1.29 is 0 Å². The molecule has 3 aliphatic rings. The highest BCUT2D eigenvalue weighted by Crippen LogP contribution is 2.69. The molecular formula is C14H22I2. The number of fused-ring (bicyclic) bond motifs is 4. The van der Waals surface area contributed by atoms with Crippen LogP contribution >= 0.6 is 45.2 Å². The smallest absolute Gasteiger partial charge is 0.00266 e. The SMILES string of the molecule is CC1CC(CI)C2C1C1C2C(CI)C[C@H]1C. The van der Waals surface area contributed by atoms with Gasteiger partial charge in [0.2, 0.25) is 0 Å². The maximum Gasteiger partial charge on any atom is 0.00266 e. The number of halogens is 2. The van der Waals surface area contributed by atoms with Crippen molar-refractivity contribution in [1.82, 2.24) is 0 Å². The van der Waals surface area contributed by atoms with Crippen molar-refractivity contribution in [2.75, 3.05) is 8.86 Å². The van der Waals surface area contributed by atoms with Gasteiger partial charge < -0.3 is 0 Å². The fourth-order valence-electron chi connectivity index (χ4n) is 5.57. The first-order valence-electron chi connectivity index (χ1n) is 6.81. The summed E-state index contributed by atoms with van der Waals surface area (Å²) in [6, 6.07) is 0. The molecule has 0 aromatic rings. The number of rotatable bonds is 2. The zero-order valence-corrected chi connectivity index (χ0v) is 14.5. The highest BCUT2D eigenvalue weighted by atomic mass is 127. The Hall–Kier alpha value is 1.46. The van der Waals surface area contributed by atoms with E-state index in [4.69, 9.17) is 0 Å². The van der Waals surface area contributed by atoms with Crippen LogP contribution < -0.4 is 0 Å². The molecule has 2 heteroatoms. The Bertz CT molecular complexity index is 250. The van der Waals surface area contributed by atoms with E-state index in [1.54, 1.807) is 0 Å². The molecule has 0 aliphatic heterocycles. The minimum atomic E-state index is 1.03. The second-order valence-corrected chi connectivity index (χ2v) is 8.33. The van der Waals surface area contributed by atoms with E-state index in [1.165, 1.54) is 21.7 Å². The molecule has 3 saturated carbocycles. The Labute approximate surface area is 127 Å². The molecule has 0 amide bonds. The molecule has 0 N–H and O–H groups in total. The first-order chi connectivity index (χ1) is 7.69. The van der Waals surface area contributed by atoms with Crippen LogP contribution in [0.25, 0.3) is 0 Å². The van der Waals surface area contributed by atoms with Crippen LogP contribution in [0.5, 0.6) is 0 Å². The molecular weight excluding hydrogens is 422 g/mol. The molecule has 92 valence electrons. The quantitative estimate of drug-likeness (QED) is 0.430. The Morgan fingerprint density at radius 2 is 1.12 bits per heavy atom. The molecule has 8 atom stereocenters. The van der Waals surface area contributed by atoms with Crippen molar-refractivity contribution in [2.45, 2.75) is 26.7 Å². The molecule has 3 fully saturated rings. The van der Waals surface area contributed by atoms with E-state index in [2.05, 4.69) is 59.0 Å². The Morgan fingerprint density at radius 1 is 0.750 bits per heavy atom. The number of alkyl halides is 2. The van der Waals surface area contributed by atoms with Gasteiger partial charge in [-0.3, -0.25) is 0 Å². The van der Waals surface area contributed by atoms with Crippen LogP contribution in [0.1, 0.15) is 26.7 Å². The summed E-state index contributed by atoms with van der Waals surface area (Å²) in [4.78, 5) is 0. The molecule has 0 radical (unpaired) electrons. The largest absolute Gasteiger partial charge is 0.0861 e. The van der Waals surface area contributed by atoms with E-state index in [0.29, 0.717) is 0 Å². The summed E-state index contributed by atoms with van der Waals surface area (Å²) in [6.07, 6.45) is 3.07. The monoisotopic (exact) mass is 444 g/mol. The van der Waals surface area contributed by atoms with Gasteiger partial charge in [-0.15, -0.1) is 0 Å². The van der Waals surface area contributed by atoms with Crippen molar-refractivity contribution in [3.8, 4) is 0 Å². The van der Waals surface area contributed by atoms with E-state index < -0.39 is 0 Å². The molecule has 0 bridgehead atoms. The first kappa shape index (κ1) is 12.5. The topological polar surface area (TPSA) is 0 Å². The van der Waals surface area contributed by atoms with Crippen LogP contribution in [0, 0.1) is 47.3 Å². The fourth-order valence-corrected chi connectivity index (χ4v) is 7.46. The predicted octanol–water partition coefficient (Wildman–Crippen LogP) is 4.65. The standard InChI is InChI=1S/C14H22I2/c1-7-3-9(5-15)13-11(7)12-8(2)4-10(6-16)14(12)13/h7-14H,3-6H2,1-2H3/t7-,8?,9?,10?,11?,12?,13?,14?/m1/s1. The minimum absolute atomic E-state index is 1.03. The summed E-state index contributed by atoms with van der Waals surface area (Å²) in [5.74, 6) is 8.68. The lowest BCUT2D eigenvalue weighted by Gasteiger charge is -2.52. The molecule has 3 aliphatic carbocycles. The molecule has 7 unspecified atom stereocenters. The second-order valence-electron chi connectivity index (χ2n) is 6.56. The van der Waals surface area contributed by atoms with Crippen LogP contribution in [-0.2, 0) is 0 Å². The third-order valence-corrected chi connectivity index (χ3v) is 8.19. The lowest BCUT2D eigenvalue weighted by Crippen LogP contribution is -2.49. The minimum Gasteiger partial charge on any atom is -0.0861 e. The van der Waals surface area contributed by atoms with Gasteiger partial charge in [-0.05, 0) is 60.2 Å². The van der Waals surface area contributed by atoms with E-state index in [0.717, 1.165) is 47.3 Å². The van der Waals surface area contributed by atoms with Gasteiger partial charge in [0.25, 0.3) is 0 Å². The fraction of sp³-hybridized carbons (Fsp3) is 1.00. The summed E-state index contributed by atoms with van der Waals surface area (Å²) in [6.45, 7) is 5.06. The average Bonchev–Trinajstić information content (AvgIpc) is 2.63. The summed E-state index contributed by atoms with van der Waals surface area (Å²) >= 11 is 5.27. The number of hydrogen-bond donors (Lipinski definition) is 0. The van der Waals surface area contributed by atoms with Gasteiger partial charge in [-0.25, -0.2) is 0 Å². The third-order valence-electron chi connectivity index (χ3n) is 5.93. The van der Waals surface area contributed by atoms with E-state index in [9.17, 15) is 0 Å². The van der Waals surface area contributed by atoms with Crippen molar-refractivity contribution >= 4 is 45.2 Å². The highest BCUT2D eigenvalue weighted by Gasteiger charge is 2.64. The average molecular weight is 444 g/mol. The molecule has 0 nitrogen and oxygen atoms in total. The van der Waals surface area contributed by atoms with Crippen molar-refractivity contribution in [3.63, 3.8) is 0 Å². The van der Waals surface area contributed by atoms with Crippen LogP contribution in [0.4, 0.5) is 0 Å². The van der Waals surface area contributed by atoms with Gasteiger partial charge >= 0.3 is 0 Å². The van der Waals surface area contributed by atoms with Gasteiger partial charge in [0.05, 0.1) is 0 Å². The van der Waals surface area contributed by atoms with E-state index >= 15 is 0 Å². The van der Waals surface area contributed by atoms with Gasteiger partial charge in [-0.1, -0.05) is 59.0 Å². The molecule has 3 rings (SSSR count). The molecule has 16 heavy (non-hydrogen) atoms. The van der Waals surface area contributed by atoms with E-state index in [-0.39, 0.29) is 0 Å². The maximum atomic E-state index is 2.63. The van der Waals surface area contributed by atoms with Crippen molar-refractivity contribution in [2.24, 2.45) is 47.3 Å². The molecule has 0 saturated heterocycles. The summed E-state index contributed by atoms with van der Waals surface area (Å²) in [7, 11) is 0. The third kappa shape index (κ3) is 1.56. The number of hydrogen-bond acceptors (Lipinski definition) is 0. The van der Waals surface area contributed by atoms with E-state index in [1.807, 2.05) is 0 Å². The second kappa shape index (κ2) is 4.53. The molecule has 0 spiro atoms. The zero-order chi connectivity index (χ0) is 11.4. The summed E-state index contributed by atoms with van der Waals surface area (Å²) in [5.41, 5.74) is 0. The molecule has 0 heterocycles. The molecule has 0 aromatic carbocycles. The highest BCUT2D eigenvalue weighted by molar-refractivity contribution is 14.1. The van der Waals surface area contributed by atoms with Crippen LogP contribution in [0.15, 0.2) is 0 Å². The van der Waals surface area contributed by atoms with Crippen molar-refractivity contribution in [1.29, 1.82) is 0 Å². The van der Waals surface area contributed by atoms with Crippen molar-refractivity contribution in [3.05, 3.63) is 0 Å². The Morgan fingerprint density at radius 3 is 1.44 bits per heavy atom. The Balaban J connectivity index is 1.84. The lowest BCUT2D eigenvalue weighted by molar-refractivity contribution is -0.0424. The van der Waals surface area contributed by atoms with Crippen LogP contribution in [-0.4, -0.2) is 8.86 Å². The van der Waals surface area contributed by atoms with Crippen LogP contribution in [0.3, 0.4) is 0 Å². The lowest BCUT2D eigenvalue weighted by atomic mass is 9.53. The Kier molecular flexibility index (Phi) is 3.54. The molecule has 0 aromatic heterocycles. The maximum absolute atomic E-state index is 2.63. The first-order valence-corrected chi connectivity index (χ1v) is 9.86. The summed E-state index contributed by atoms with van der Waals surface area (Å²) in [5, 5.41) is 0.